The van der Waals surface area contributed by atoms with Crippen LogP contribution in [0.3, 0.4) is 0 Å². The predicted molar refractivity (Wildman–Crippen MR) is 77.4 cm³/mol. The highest BCUT2D eigenvalue weighted by Crippen LogP contribution is 2.24. The molecular formula is C16H19FN2. The lowest BCUT2D eigenvalue weighted by molar-refractivity contribution is 0.590. The van der Waals surface area contributed by atoms with Gasteiger partial charge in [0.05, 0.1) is 0 Å². The molecule has 3 heteroatoms. The van der Waals surface area contributed by atoms with Crippen LogP contribution in [0, 0.1) is 6.92 Å². The minimum absolute atomic E-state index is 0.111. The lowest BCUT2D eigenvalue weighted by Crippen LogP contribution is -2.10. The van der Waals surface area contributed by atoms with Gasteiger partial charge in [-0.3, -0.25) is 5.10 Å². The number of H-pyrrole nitrogens is 1. The van der Waals surface area contributed by atoms with E-state index in [4.69, 9.17) is 0 Å². The number of benzene rings is 1. The van der Waals surface area contributed by atoms with Crippen LogP contribution in [0.2, 0.25) is 0 Å². The Balaban J connectivity index is 2.24. The molecule has 100 valence electrons. The van der Waals surface area contributed by atoms with Gasteiger partial charge in [-0.15, -0.1) is 0 Å². The highest BCUT2D eigenvalue weighted by molar-refractivity contribution is 5.75. The van der Waals surface area contributed by atoms with Crippen molar-refractivity contribution in [3.05, 3.63) is 52.8 Å². The molecule has 19 heavy (non-hydrogen) atoms. The fraction of sp³-hybridized carbons (Fsp3) is 0.312. The van der Waals surface area contributed by atoms with E-state index < -0.39 is 0 Å². The highest BCUT2D eigenvalue weighted by atomic mass is 19.1. The van der Waals surface area contributed by atoms with Crippen LogP contribution in [0.15, 0.2) is 30.3 Å². The van der Waals surface area contributed by atoms with Crippen molar-refractivity contribution < 1.29 is 4.39 Å². The van der Waals surface area contributed by atoms with E-state index in [1.165, 1.54) is 11.6 Å². The van der Waals surface area contributed by atoms with Gasteiger partial charge in [-0.05, 0) is 35.6 Å². The van der Waals surface area contributed by atoms with Gasteiger partial charge in [0.2, 0.25) is 0 Å². The van der Waals surface area contributed by atoms with Crippen LogP contribution in [0.25, 0.3) is 11.9 Å². The Kier molecular flexibility index (Phi) is 3.56. The molecule has 0 saturated carbocycles. The fourth-order valence-corrected chi connectivity index (χ4v) is 1.84. The maximum Gasteiger partial charge on any atom is 0.151 e. The first-order valence-corrected chi connectivity index (χ1v) is 6.36. The highest BCUT2D eigenvalue weighted by Gasteiger charge is 2.12. The largest absolute Gasteiger partial charge is 0.282 e. The third kappa shape index (κ3) is 3.31. The molecular weight excluding hydrogens is 239 g/mol. The summed E-state index contributed by atoms with van der Waals surface area (Å²) in [7, 11) is 0. The van der Waals surface area contributed by atoms with Gasteiger partial charge in [-0.25, -0.2) is 4.39 Å². The third-order valence-corrected chi connectivity index (χ3v) is 3.02. The van der Waals surface area contributed by atoms with E-state index >= 15 is 0 Å². The average Bonchev–Trinajstić information content (AvgIpc) is 2.75. The molecule has 0 unspecified atom stereocenters. The second-order valence-electron chi connectivity index (χ2n) is 5.80. The Morgan fingerprint density at radius 1 is 1.21 bits per heavy atom. The number of halogens is 1. The van der Waals surface area contributed by atoms with Crippen molar-refractivity contribution in [2.75, 3.05) is 0 Å². The smallest absolute Gasteiger partial charge is 0.151 e. The molecule has 0 aliphatic rings. The second kappa shape index (κ2) is 5.00. The van der Waals surface area contributed by atoms with E-state index in [1.54, 1.807) is 6.07 Å². The molecule has 1 aromatic heterocycles. The lowest BCUT2D eigenvalue weighted by Gasteiger charge is -2.18. The molecule has 0 fully saturated rings. The van der Waals surface area contributed by atoms with Crippen molar-refractivity contribution in [2.45, 2.75) is 33.1 Å². The first-order chi connectivity index (χ1) is 8.86. The van der Waals surface area contributed by atoms with Crippen molar-refractivity contribution in [2.24, 2.45) is 0 Å². The fourth-order valence-electron chi connectivity index (χ4n) is 1.84. The van der Waals surface area contributed by atoms with Gasteiger partial charge < -0.3 is 0 Å². The van der Waals surface area contributed by atoms with Gasteiger partial charge in [0.15, 0.2) is 5.83 Å². The van der Waals surface area contributed by atoms with Gasteiger partial charge in [0, 0.05) is 5.69 Å². The summed E-state index contributed by atoms with van der Waals surface area (Å²) >= 11 is 0. The zero-order chi connectivity index (χ0) is 14.0. The molecule has 0 radical (unpaired) electrons. The number of aromatic nitrogens is 2. The van der Waals surface area contributed by atoms with Crippen LogP contribution < -0.4 is 0 Å². The van der Waals surface area contributed by atoms with Crippen LogP contribution in [0.4, 0.5) is 4.39 Å². The Bertz CT molecular complexity index is 586. The zero-order valence-electron chi connectivity index (χ0n) is 11.8. The number of nitrogens with one attached hydrogen (secondary N) is 1. The van der Waals surface area contributed by atoms with Crippen molar-refractivity contribution in [3.63, 3.8) is 0 Å². The first-order valence-electron chi connectivity index (χ1n) is 6.36. The van der Waals surface area contributed by atoms with Crippen LogP contribution in [-0.4, -0.2) is 10.2 Å². The maximum atomic E-state index is 13.9. The molecule has 0 bridgehead atoms. The zero-order valence-corrected chi connectivity index (χ0v) is 11.8. The van der Waals surface area contributed by atoms with Gasteiger partial charge in [-0.2, -0.15) is 5.10 Å². The van der Waals surface area contributed by atoms with Gasteiger partial charge in [0.25, 0.3) is 0 Å². The molecule has 0 aliphatic carbocycles. The molecule has 0 atom stereocenters. The standard InChI is InChI=1S/C16H19FN2/c1-11-9-15(19-18-11)14(17)10-12-5-7-13(8-6-12)16(2,3)4/h5-10H,1-4H3,(H,18,19). The second-order valence-corrected chi connectivity index (χ2v) is 5.80. The minimum Gasteiger partial charge on any atom is -0.282 e. The van der Waals surface area contributed by atoms with E-state index in [9.17, 15) is 4.39 Å². The van der Waals surface area contributed by atoms with Crippen molar-refractivity contribution in [1.82, 2.24) is 10.2 Å². The van der Waals surface area contributed by atoms with Crippen LogP contribution in [0.1, 0.15) is 43.3 Å². The molecule has 0 spiro atoms. The molecule has 1 heterocycles. The Labute approximate surface area is 113 Å². The number of hydrogen-bond donors (Lipinski definition) is 1. The summed E-state index contributed by atoms with van der Waals surface area (Å²) in [6, 6.07) is 9.62. The normalized spacial score (nSPS) is 12.8. The van der Waals surface area contributed by atoms with Crippen LogP contribution in [-0.2, 0) is 5.41 Å². The molecule has 0 amide bonds. The van der Waals surface area contributed by atoms with Gasteiger partial charge in [-0.1, -0.05) is 45.0 Å². The predicted octanol–water partition coefficient (Wildman–Crippen LogP) is 4.48. The van der Waals surface area contributed by atoms with Gasteiger partial charge >= 0.3 is 0 Å². The molecule has 2 rings (SSSR count). The van der Waals surface area contributed by atoms with Gasteiger partial charge in [0.1, 0.15) is 5.69 Å². The first kappa shape index (κ1) is 13.5. The summed E-state index contributed by atoms with van der Waals surface area (Å²) in [5, 5.41) is 6.63. The average molecular weight is 258 g/mol. The summed E-state index contributed by atoms with van der Waals surface area (Å²) in [5.41, 5.74) is 3.38. The van der Waals surface area contributed by atoms with Crippen LogP contribution in [0.5, 0.6) is 0 Å². The number of aryl methyl sites for hydroxylation is 1. The summed E-state index contributed by atoms with van der Waals surface area (Å²) in [6.07, 6.45) is 1.50. The molecule has 0 aliphatic heterocycles. The summed E-state index contributed by atoms with van der Waals surface area (Å²) in [5.74, 6) is -0.326. The number of hydrogen-bond acceptors (Lipinski definition) is 1. The maximum absolute atomic E-state index is 13.9. The molecule has 0 saturated heterocycles. The van der Waals surface area contributed by atoms with E-state index in [2.05, 4.69) is 31.0 Å². The number of rotatable bonds is 2. The monoisotopic (exact) mass is 258 g/mol. The third-order valence-electron chi connectivity index (χ3n) is 3.02. The van der Waals surface area contributed by atoms with Crippen molar-refractivity contribution in [3.8, 4) is 0 Å². The quantitative estimate of drug-likeness (QED) is 0.845. The molecule has 1 N–H and O–H groups in total. The molecule has 2 nitrogen and oxygen atoms in total. The van der Waals surface area contributed by atoms with E-state index in [0.29, 0.717) is 5.69 Å². The topological polar surface area (TPSA) is 28.7 Å². The summed E-state index contributed by atoms with van der Waals surface area (Å²) in [4.78, 5) is 0. The van der Waals surface area contributed by atoms with Crippen LogP contribution >= 0.6 is 0 Å². The number of aromatic amines is 1. The number of nitrogens with zero attached hydrogens (tertiary/aromatic N) is 1. The Hall–Kier alpha value is -1.90. The van der Waals surface area contributed by atoms with E-state index in [-0.39, 0.29) is 11.2 Å². The van der Waals surface area contributed by atoms with Crippen molar-refractivity contribution in [1.29, 1.82) is 0 Å². The summed E-state index contributed by atoms with van der Waals surface area (Å²) in [6.45, 7) is 8.32. The van der Waals surface area contributed by atoms with E-state index in [0.717, 1.165) is 11.3 Å². The summed E-state index contributed by atoms with van der Waals surface area (Å²) < 4.78 is 13.9. The Morgan fingerprint density at radius 2 is 1.84 bits per heavy atom. The van der Waals surface area contributed by atoms with E-state index in [1.807, 2.05) is 31.2 Å². The molecule has 2 aromatic rings. The van der Waals surface area contributed by atoms with Crippen molar-refractivity contribution >= 4 is 11.9 Å². The minimum atomic E-state index is -0.326. The Morgan fingerprint density at radius 3 is 2.32 bits per heavy atom. The molecule has 1 aromatic carbocycles. The lowest BCUT2D eigenvalue weighted by atomic mass is 9.87. The SMILES string of the molecule is Cc1cc(C(F)=Cc2ccc(C(C)(C)C)cc2)n[nH]1.